The number of benzene rings is 1. The van der Waals surface area contributed by atoms with Crippen LogP contribution in [0.3, 0.4) is 0 Å². The van der Waals surface area contributed by atoms with Gasteiger partial charge in [-0.3, -0.25) is 4.79 Å². The molecule has 3 N–H and O–H groups in total. The number of carbonyl (C=O) groups is 1. The molecule has 0 aromatic heterocycles. The van der Waals surface area contributed by atoms with E-state index in [-0.39, 0.29) is 11.9 Å². The number of carbonyl (C=O) groups excluding carboxylic acids is 1. The number of hydrogen-bond acceptors (Lipinski definition) is 5. The molecule has 29 heavy (non-hydrogen) atoms. The van der Waals surface area contributed by atoms with Crippen molar-refractivity contribution >= 4 is 17.7 Å². The van der Waals surface area contributed by atoms with Gasteiger partial charge in [-0.15, -0.1) is 0 Å². The number of nitrogens with two attached hydrogens (primary N) is 1. The second-order valence-corrected chi connectivity index (χ2v) is 8.19. The smallest absolute Gasteiger partial charge is 0.257 e. The Hall–Kier alpha value is -1.92. The van der Waals surface area contributed by atoms with Crippen LogP contribution >= 0.6 is 11.8 Å². The second-order valence-electron chi connectivity index (χ2n) is 6.94. The Bertz CT molecular complexity index is 731. The molecule has 1 aromatic rings. The third-order valence-corrected chi connectivity index (χ3v) is 5.62. The molecule has 1 aliphatic rings. The van der Waals surface area contributed by atoms with Crippen LogP contribution in [0, 0.1) is 6.92 Å². The van der Waals surface area contributed by atoms with Gasteiger partial charge in [-0.2, -0.15) is 0 Å². The van der Waals surface area contributed by atoms with E-state index in [1.165, 1.54) is 11.8 Å². The molecule has 162 valence electrons. The zero-order chi connectivity index (χ0) is 22.0. The van der Waals surface area contributed by atoms with E-state index in [1.54, 1.807) is 7.11 Å². The first kappa shape index (κ1) is 25.1. The van der Waals surface area contributed by atoms with E-state index in [0.29, 0.717) is 29.3 Å². The molecule has 0 spiro atoms. The predicted octanol–water partition coefficient (Wildman–Crippen LogP) is 4.46. The molecule has 2 rings (SSSR count). The summed E-state index contributed by atoms with van der Waals surface area (Å²) in [6.45, 7) is 16.3. The molecule has 1 aliphatic heterocycles. The average molecular weight is 420 g/mol. The summed E-state index contributed by atoms with van der Waals surface area (Å²) in [4.78, 5) is 16.3. The van der Waals surface area contributed by atoms with Crippen molar-refractivity contribution in [1.82, 2.24) is 10.2 Å². The van der Waals surface area contributed by atoms with Crippen molar-refractivity contribution in [2.75, 3.05) is 26.7 Å². The standard InChI is InChI=1S/C21H31N3O2S.C2H6/c1-6-18(27-16(4)22)11-17-12-19(20(26-5)10-14(17)2)21(25)24-9-7-8-23-15(3)13-24;1-2/h6,10,12,15,23H,4,7-9,11,13,22H2,1-3,5H3;1-2H3/b18-6-;. The first-order valence-electron chi connectivity index (χ1n) is 10.3. The summed E-state index contributed by atoms with van der Waals surface area (Å²) in [6, 6.07) is 4.22. The Balaban J connectivity index is 0.00000204. The lowest BCUT2D eigenvalue weighted by molar-refractivity contribution is 0.0752. The van der Waals surface area contributed by atoms with Crippen molar-refractivity contribution in [3.05, 3.63) is 51.4 Å². The summed E-state index contributed by atoms with van der Waals surface area (Å²) in [5.74, 6) is 0.658. The summed E-state index contributed by atoms with van der Waals surface area (Å²) in [5, 5.41) is 3.99. The number of amides is 1. The van der Waals surface area contributed by atoms with Gasteiger partial charge in [0.1, 0.15) is 5.75 Å². The quantitative estimate of drug-likeness (QED) is 0.712. The van der Waals surface area contributed by atoms with Gasteiger partial charge < -0.3 is 20.7 Å². The lowest BCUT2D eigenvalue weighted by Crippen LogP contribution is -2.39. The number of methoxy groups -OCH3 is 1. The molecule has 1 heterocycles. The fourth-order valence-corrected chi connectivity index (χ4v) is 3.95. The summed E-state index contributed by atoms with van der Waals surface area (Å²) >= 11 is 1.47. The zero-order valence-electron chi connectivity index (χ0n) is 18.8. The van der Waals surface area contributed by atoms with Crippen molar-refractivity contribution in [2.45, 2.75) is 53.5 Å². The summed E-state index contributed by atoms with van der Waals surface area (Å²) in [6.07, 6.45) is 3.70. The molecule has 0 aliphatic carbocycles. The maximum atomic E-state index is 13.2. The Morgan fingerprint density at radius 2 is 2.14 bits per heavy atom. The molecule has 0 saturated carbocycles. The van der Waals surface area contributed by atoms with Crippen LogP contribution in [0.4, 0.5) is 0 Å². The van der Waals surface area contributed by atoms with Crippen LogP contribution in [0.25, 0.3) is 0 Å². The fourth-order valence-electron chi connectivity index (χ4n) is 3.27. The zero-order valence-corrected chi connectivity index (χ0v) is 19.6. The molecule has 0 radical (unpaired) electrons. The third kappa shape index (κ3) is 7.44. The first-order valence-corrected chi connectivity index (χ1v) is 11.1. The minimum absolute atomic E-state index is 0.0292. The minimum atomic E-state index is 0.0292. The van der Waals surface area contributed by atoms with Crippen molar-refractivity contribution in [2.24, 2.45) is 5.73 Å². The topological polar surface area (TPSA) is 67.6 Å². The van der Waals surface area contributed by atoms with Gasteiger partial charge in [-0.05, 0) is 61.9 Å². The highest BCUT2D eigenvalue weighted by Crippen LogP contribution is 2.30. The van der Waals surface area contributed by atoms with Gasteiger partial charge in [0.25, 0.3) is 5.91 Å². The Morgan fingerprint density at radius 3 is 2.72 bits per heavy atom. The molecule has 1 saturated heterocycles. The maximum absolute atomic E-state index is 13.2. The molecule has 1 atom stereocenters. The second kappa shape index (κ2) is 12.6. The van der Waals surface area contributed by atoms with Crippen molar-refractivity contribution in [3.63, 3.8) is 0 Å². The molecular formula is C23H37N3O2S. The van der Waals surface area contributed by atoms with E-state index in [4.69, 9.17) is 10.5 Å². The predicted molar refractivity (Wildman–Crippen MR) is 125 cm³/mol. The number of ether oxygens (including phenoxy) is 1. The molecule has 0 bridgehead atoms. The monoisotopic (exact) mass is 419 g/mol. The van der Waals surface area contributed by atoms with E-state index >= 15 is 0 Å². The summed E-state index contributed by atoms with van der Waals surface area (Å²) in [7, 11) is 1.61. The molecule has 1 amide bonds. The summed E-state index contributed by atoms with van der Waals surface area (Å²) < 4.78 is 5.53. The molecular weight excluding hydrogens is 382 g/mol. The minimum Gasteiger partial charge on any atom is -0.496 e. The van der Waals surface area contributed by atoms with Gasteiger partial charge in [0.15, 0.2) is 0 Å². The van der Waals surface area contributed by atoms with Crippen LogP contribution < -0.4 is 15.8 Å². The highest BCUT2D eigenvalue weighted by molar-refractivity contribution is 8.06. The van der Waals surface area contributed by atoms with Crippen LogP contribution in [0.15, 0.2) is 34.7 Å². The first-order chi connectivity index (χ1) is 13.8. The molecule has 1 unspecified atom stereocenters. The maximum Gasteiger partial charge on any atom is 0.257 e. The molecule has 6 heteroatoms. The number of nitrogens with one attached hydrogen (secondary N) is 1. The largest absolute Gasteiger partial charge is 0.496 e. The van der Waals surface area contributed by atoms with Crippen molar-refractivity contribution in [3.8, 4) is 5.75 Å². The van der Waals surface area contributed by atoms with Gasteiger partial charge in [-0.1, -0.05) is 38.3 Å². The number of nitrogens with zero attached hydrogens (tertiary/aromatic N) is 1. The van der Waals surface area contributed by atoms with Crippen molar-refractivity contribution < 1.29 is 9.53 Å². The normalized spacial score (nSPS) is 17.1. The third-order valence-electron chi connectivity index (χ3n) is 4.72. The van der Waals surface area contributed by atoms with Crippen LogP contribution in [0.1, 0.15) is 55.6 Å². The Morgan fingerprint density at radius 1 is 1.45 bits per heavy atom. The van der Waals surface area contributed by atoms with Gasteiger partial charge in [0.2, 0.25) is 0 Å². The Kier molecular flexibility index (Phi) is 10.9. The molecule has 1 fully saturated rings. The molecule has 1 aromatic carbocycles. The van der Waals surface area contributed by atoms with Gasteiger partial charge >= 0.3 is 0 Å². The van der Waals surface area contributed by atoms with Gasteiger partial charge in [0, 0.05) is 25.6 Å². The van der Waals surface area contributed by atoms with Gasteiger partial charge in [0.05, 0.1) is 17.7 Å². The van der Waals surface area contributed by atoms with Crippen LogP contribution in [0.2, 0.25) is 0 Å². The van der Waals surface area contributed by atoms with E-state index in [1.807, 2.05) is 50.8 Å². The molecule has 5 nitrogen and oxygen atoms in total. The average Bonchev–Trinajstić information content (AvgIpc) is 2.93. The van der Waals surface area contributed by atoms with Crippen LogP contribution in [0.5, 0.6) is 5.75 Å². The summed E-state index contributed by atoms with van der Waals surface area (Å²) in [5.41, 5.74) is 8.57. The number of aryl methyl sites for hydroxylation is 1. The number of hydrogen-bond donors (Lipinski definition) is 2. The lowest BCUT2D eigenvalue weighted by atomic mass is 10.00. The van der Waals surface area contributed by atoms with Crippen LogP contribution in [-0.2, 0) is 6.42 Å². The number of thioether (sulfide) groups is 1. The van der Waals surface area contributed by atoms with E-state index in [9.17, 15) is 4.79 Å². The number of rotatable bonds is 6. The van der Waals surface area contributed by atoms with Crippen LogP contribution in [-0.4, -0.2) is 43.6 Å². The fraction of sp³-hybridized carbons (Fsp3) is 0.522. The van der Waals surface area contributed by atoms with E-state index in [2.05, 4.69) is 18.8 Å². The number of allylic oxidation sites excluding steroid dienone is 2. The lowest BCUT2D eigenvalue weighted by Gasteiger charge is -2.24. The SMILES string of the molecule is C=C(N)S/C(=C\C)Cc1cc(C(=O)N2CCCNC(C)C2)c(OC)cc1C.CC. The van der Waals surface area contributed by atoms with E-state index < -0.39 is 0 Å². The van der Waals surface area contributed by atoms with E-state index in [0.717, 1.165) is 35.5 Å². The highest BCUT2D eigenvalue weighted by Gasteiger charge is 2.24. The highest BCUT2D eigenvalue weighted by atomic mass is 32.2. The Labute approximate surface area is 180 Å². The van der Waals surface area contributed by atoms with Gasteiger partial charge in [-0.25, -0.2) is 0 Å². The van der Waals surface area contributed by atoms with Crippen molar-refractivity contribution in [1.29, 1.82) is 0 Å².